The van der Waals surface area contributed by atoms with Gasteiger partial charge in [-0.25, -0.2) is 14.4 Å². The third kappa shape index (κ3) is 5.31. The van der Waals surface area contributed by atoms with Crippen LogP contribution in [0.25, 0.3) is 11.5 Å². The average molecular weight is 387 g/mol. The van der Waals surface area contributed by atoms with E-state index < -0.39 is 5.82 Å². The van der Waals surface area contributed by atoms with Gasteiger partial charge in [-0.15, -0.1) is 0 Å². The van der Waals surface area contributed by atoms with E-state index in [2.05, 4.69) is 20.6 Å². The van der Waals surface area contributed by atoms with Gasteiger partial charge >= 0.3 is 0 Å². The molecule has 2 aromatic carbocycles. The standard InChI is InChI=1S/C20H20ClFN4O/c1-2-23-20(24-11-14-8-9-18(22)17(21)10-14)25-12-16-13-27-19(26-16)15-6-4-3-5-7-15/h3-10,13H,2,11-12H2,1H3,(H2,23,24,25). The van der Waals surface area contributed by atoms with Crippen LogP contribution in [0.4, 0.5) is 4.39 Å². The number of rotatable bonds is 6. The van der Waals surface area contributed by atoms with Crippen molar-refractivity contribution in [2.24, 2.45) is 4.99 Å². The van der Waals surface area contributed by atoms with Crippen LogP contribution in [0.1, 0.15) is 18.2 Å². The number of benzene rings is 2. The van der Waals surface area contributed by atoms with Crippen molar-refractivity contribution in [1.82, 2.24) is 15.6 Å². The predicted octanol–water partition coefficient (Wildman–Crippen LogP) is 4.39. The van der Waals surface area contributed by atoms with Gasteiger partial charge in [0.25, 0.3) is 0 Å². The van der Waals surface area contributed by atoms with Crippen LogP contribution in [-0.4, -0.2) is 17.5 Å². The minimum atomic E-state index is -0.435. The van der Waals surface area contributed by atoms with E-state index in [9.17, 15) is 4.39 Å². The van der Waals surface area contributed by atoms with Crippen molar-refractivity contribution in [3.63, 3.8) is 0 Å². The van der Waals surface area contributed by atoms with Crippen molar-refractivity contribution in [1.29, 1.82) is 0 Å². The number of aliphatic imine (C=N–C) groups is 1. The molecule has 0 fully saturated rings. The molecule has 0 aliphatic heterocycles. The molecule has 27 heavy (non-hydrogen) atoms. The van der Waals surface area contributed by atoms with E-state index in [1.807, 2.05) is 37.3 Å². The molecule has 0 unspecified atom stereocenters. The van der Waals surface area contributed by atoms with E-state index in [4.69, 9.17) is 16.0 Å². The maximum atomic E-state index is 13.2. The van der Waals surface area contributed by atoms with Crippen molar-refractivity contribution in [2.75, 3.05) is 6.54 Å². The molecule has 0 amide bonds. The number of nitrogens with one attached hydrogen (secondary N) is 2. The highest BCUT2D eigenvalue weighted by molar-refractivity contribution is 6.30. The van der Waals surface area contributed by atoms with E-state index in [1.54, 1.807) is 18.4 Å². The summed E-state index contributed by atoms with van der Waals surface area (Å²) in [6, 6.07) is 14.3. The first-order chi connectivity index (χ1) is 13.2. The summed E-state index contributed by atoms with van der Waals surface area (Å²) in [7, 11) is 0. The summed E-state index contributed by atoms with van der Waals surface area (Å²) in [4.78, 5) is 8.97. The number of hydrogen-bond donors (Lipinski definition) is 2. The molecule has 0 aliphatic carbocycles. The van der Waals surface area contributed by atoms with Crippen LogP contribution in [-0.2, 0) is 13.1 Å². The first-order valence-electron chi connectivity index (χ1n) is 8.61. The van der Waals surface area contributed by atoms with Crippen molar-refractivity contribution in [2.45, 2.75) is 20.0 Å². The summed E-state index contributed by atoms with van der Waals surface area (Å²) in [5.74, 6) is 0.771. The van der Waals surface area contributed by atoms with Gasteiger partial charge in [-0.05, 0) is 36.8 Å². The molecule has 3 rings (SSSR count). The second-order valence-electron chi connectivity index (χ2n) is 5.81. The lowest BCUT2D eigenvalue weighted by Crippen LogP contribution is -2.36. The second-order valence-corrected chi connectivity index (χ2v) is 6.21. The molecular formula is C20H20ClFN4O. The third-order valence-electron chi connectivity index (χ3n) is 3.76. The number of halogens is 2. The van der Waals surface area contributed by atoms with Crippen LogP contribution in [0.3, 0.4) is 0 Å². The van der Waals surface area contributed by atoms with Crippen molar-refractivity contribution < 1.29 is 8.81 Å². The van der Waals surface area contributed by atoms with Gasteiger partial charge in [0.05, 0.1) is 23.8 Å². The second kappa shape index (κ2) is 9.19. The summed E-state index contributed by atoms with van der Waals surface area (Å²) in [6.07, 6.45) is 1.62. The minimum absolute atomic E-state index is 0.0942. The van der Waals surface area contributed by atoms with E-state index >= 15 is 0 Å². The molecule has 0 aliphatic rings. The Labute approximate surface area is 162 Å². The fraction of sp³-hybridized carbons (Fsp3) is 0.200. The van der Waals surface area contributed by atoms with Gasteiger partial charge in [0.1, 0.15) is 12.1 Å². The van der Waals surface area contributed by atoms with Crippen LogP contribution in [0, 0.1) is 5.82 Å². The molecule has 0 atom stereocenters. The van der Waals surface area contributed by atoms with Crippen LogP contribution < -0.4 is 10.6 Å². The lowest BCUT2D eigenvalue weighted by molar-refractivity contribution is 0.572. The largest absolute Gasteiger partial charge is 0.444 e. The maximum absolute atomic E-state index is 13.2. The normalized spacial score (nSPS) is 11.4. The molecule has 3 aromatic rings. The van der Waals surface area contributed by atoms with Gasteiger partial charge in [0.15, 0.2) is 5.96 Å². The van der Waals surface area contributed by atoms with Gasteiger partial charge in [-0.1, -0.05) is 35.9 Å². The summed E-state index contributed by atoms with van der Waals surface area (Å²) in [6.45, 7) is 3.54. The zero-order valence-electron chi connectivity index (χ0n) is 14.9. The molecule has 0 saturated carbocycles. The quantitative estimate of drug-likeness (QED) is 0.487. The van der Waals surface area contributed by atoms with E-state index in [1.165, 1.54) is 6.07 Å². The topological polar surface area (TPSA) is 62.5 Å². The van der Waals surface area contributed by atoms with Crippen molar-refractivity contribution in [3.8, 4) is 11.5 Å². The molecule has 0 radical (unpaired) electrons. The van der Waals surface area contributed by atoms with E-state index in [0.29, 0.717) is 31.5 Å². The number of nitrogens with zero attached hydrogens (tertiary/aromatic N) is 2. The fourth-order valence-corrected chi connectivity index (χ4v) is 2.63. The van der Waals surface area contributed by atoms with Crippen LogP contribution in [0.15, 0.2) is 64.2 Å². The Morgan fingerprint density at radius 3 is 2.74 bits per heavy atom. The summed E-state index contributed by atoms with van der Waals surface area (Å²) in [5, 5.41) is 6.46. The molecule has 0 bridgehead atoms. The maximum Gasteiger partial charge on any atom is 0.226 e. The monoisotopic (exact) mass is 386 g/mol. The first kappa shape index (κ1) is 18.9. The van der Waals surface area contributed by atoms with Crippen molar-refractivity contribution in [3.05, 3.63) is 76.9 Å². The molecule has 140 valence electrons. The van der Waals surface area contributed by atoms with Gasteiger partial charge in [-0.2, -0.15) is 0 Å². The summed E-state index contributed by atoms with van der Waals surface area (Å²) < 4.78 is 18.8. The highest BCUT2D eigenvalue weighted by Crippen LogP contribution is 2.18. The number of hydrogen-bond acceptors (Lipinski definition) is 3. The fourth-order valence-electron chi connectivity index (χ4n) is 2.43. The lowest BCUT2D eigenvalue weighted by Gasteiger charge is -2.10. The molecule has 0 spiro atoms. The molecule has 5 nitrogen and oxygen atoms in total. The molecule has 7 heteroatoms. The van der Waals surface area contributed by atoms with Crippen molar-refractivity contribution >= 4 is 17.6 Å². The van der Waals surface area contributed by atoms with Gasteiger partial charge < -0.3 is 15.1 Å². The molecule has 1 heterocycles. The summed E-state index contributed by atoms with van der Waals surface area (Å²) >= 11 is 5.81. The molecular weight excluding hydrogens is 367 g/mol. The average Bonchev–Trinajstić information content (AvgIpc) is 3.16. The number of oxazole rings is 1. The van der Waals surface area contributed by atoms with Crippen LogP contribution in [0.2, 0.25) is 5.02 Å². The smallest absolute Gasteiger partial charge is 0.226 e. The Bertz CT molecular complexity index is 911. The minimum Gasteiger partial charge on any atom is -0.444 e. The van der Waals surface area contributed by atoms with E-state index in [-0.39, 0.29) is 5.02 Å². The lowest BCUT2D eigenvalue weighted by atomic mass is 10.2. The Morgan fingerprint density at radius 2 is 2.00 bits per heavy atom. The van der Waals surface area contributed by atoms with Crippen LogP contribution >= 0.6 is 11.6 Å². The highest BCUT2D eigenvalue weighted by atomic mass is 35.5. The molecule has 1 aromatic heterocycles. The third-order valence-corrected chi connectivity index (χ3v) is 4.05. The SMILES string of the molecule is CCNC(=NCc1ccc(F)c(Cl)c1)NCc1coc(-c2ccccc2)n1. The number of aromatic nitrogens is 1. The highest BCUT2D eigenvalue weighted by Gasteiger charge is 2.07. The Balaban J connectivity index is 1.62. The van der Waals surface area contributed by atoms with E-state index in [0.717, 1.165) is 16.8 Å². The zero-order valence-corrected chi connectivity index (χ0v) is 15.6. The predicted molar refractivity (Wildman–Crippen MR) is 105 cm³/mol. The zero-order chi connectivity index (χ0) is 19.1. The van der Waals surface area contributed by atoms with Crippen LogP contribution in [0.5, 0.6) is 0 Å². The molecule has 2 N–H and O–H groups in total. The Hall–Kier alpha value is -2.86. The first-order valence-corrected chi connectivity index (χ1v) is 8.99. The van der Waals surface area contributed by atoms with Gasteiger partial charge in [0, 0.05) is 12.1 Å². The summed E-state index contributed by atoms with van der Waals surface area (Å²) in [5.41, 5.74) is 2.52. The van der Waals surface area contributed by atoms with Gasteiger partial charge in [-0.3, -0.25) is 0 Å². The Kier molecular flexibility index (Phi) is 6.44. The number of guanidine groups is 1. The van der Waals surface area contributed by atoms with Gasteiger partial charge in [0.2, 0.25) is 5.89 Å². The molecule has 0 saturated heterocycles. The Morgan fingerprint density at radius 1 is 1.19 bits per heavy atom.